The summed E-state index contributed by atoms with van der Waals surface area (Å²) in [5, 5.41) is 14.8. The summed E-state index contributed by atoms with van der Waals surface area (Å²) >= 11 is 0. The first-order valence-corrected chi connectivity index (χ1v) is 9.64. The number of rotatable bonds is 6. The average Bonchev–Trinajstić information content (AvgIpc) is 2.79. The molecule has 0 saturated carbocycles. The lowest BCUT2D eigenvalue weighted by molar-refractivity contribution is -0.383. The van der Waals surface area contributed by atoms with Crippen molar-refractivity contribution in [3.8, 4) is 0 Å². The van der Waals surface area contributed by atoms with Crippen LogP contribution in [0.2, 0.25) is 0 Å². The van der Waals surface area contributed by atoms with Gasteiger partial charge in [-0.05, 0) is 29.8 Å². The molecule has 0 aliphatic carbocycles. The molecule has 1 saturated heterocycles. The first-order chi connectivity index (χ1) is 14.6. The van der Waals surface area contributed by atoms with Gasteiger partial charge in [0.1, 0.15) is 12.1 Å². The van der Waals surface area contributed by atoms with E-state index in [9.17, 15) is 14.5 Å². The van der Waals surface area contributed by atoms with Gasteiger partial charge >= 0.3 is 5.69 Å². The van der Waals surface area contributed by atoms with Crippen molar-refractivity contribution < 1.29 is 9.31 Å². The van der Waals surface area contributed by atoms with Crippen LogP contribution in [0, 0.1) is 15.9 Å². The van der Waals surface area contributed by atoms with Crippen molar-refractivity contribution in [3.05, 3.63) is 82.4 Å². The van der Waals surface area contributed by atoms with Crippen molar-refractivity contribution in [1.29, 1.82) is 0 Å². The van der Waals surface area contributed by atoms with Crippen LogP contribution >= 0.6 is 0 Å². The highest BCUT2D eigenvalue weighted by atomic mass is 19.1. The summed E-state index contributed by atoms with van der Waals surface area (Å²) in [6.45, 7) is 3.00. The Morgan fingerprint density at radius 2 is 1.63 bits per heavy atom. The third kappa shape index (κ3) is 4.29. The van der Waals surface area contributed by atoms with E-state index in [1.54, 1.807) is 12.1 Å². The maximum atomic E-state index is 13.1. The van der Waals surface area contributed by atoms with Gasteiger partial charge in [-0.25, -0.2) is 14.4 Å². The second-order valence-electron chi connectivity index (χ2n) is 6.94. The summed E-state index contributed by atoms with van der Waals surface area (Å²) in [5.41, 5.74) is 1.78. The number of nitro groups is 1. The van der Waals surface area contributed by atoms with E-state index in [-0.39, 0.29) is 17.3 Å². The van der Waals surface area contributed by atoms with E-state index in [1.165, 1.54) is 18.5 Å². The molecule has 9 heteroatoms. The maximum Gasteiger partial charge on any atom is 0.353 e. The summed E-state index contributed by atoms with van der Waals surface area (Å²) in [4.78, 5) is 23.8. The number of nitrogens with one attached hydrogen (secondary N) is 1. The predicted molar refractivity (Wildman–Crippen MR) is 113 cm³/mol. The normalized spacial score (nSPS) is 13.9. The summed E-state index contributed by atoms with van der Waals surface area (Å²) in [6.07, 6.45) is 1.33. The maximum absolute atomic E-state index is 13.1. The van der Waals surface area contributed by atoms with Crippen LogP contribution in [0.4, 0.5) is 27.4 Å². The van der Waals surface area contributed by atoms with Crippen molar-refractivity contribution >= 4 is 23.0 Å². The molecule has 1 aromatic heterocycles. The number of aromatic nitrogens is 2. The number of nitrogens with zero attached hydrogens (tertiary/aromatic N) is 5. The zero-order valence-electron chi connectivity index (χ0n) is 16.2. The molecule has 0 unspecified atom stereocenters. The Morgan fingerprint density at radius 1 is 0.967 bits per heavy atom. The summed E-state index contributed by atoms with van der Waals surface area (Å²) in [7, 11) is 0. The minimum Gasteiger partial charge on any atom is -0.368 e. The van der Waals surface area contributed by atoms with Gasteiger partial charge in [0.25, 0.3) is 0 Å². The Kier molecular flexibility index (Phi) is 5.69. The molecule has 0 amide bonds. The molecule has 4 rings (SSSR count). The van der Waals surface area contributed by atoms with Crippen molar-refractivity contribution in [2.75, 3.05) is 41.3 Å². The summed E-state index contributed by atoms with van der Waals surface area (Å²) in [6, 6.07) is 16.0. The first-order valence-electron chi connectivity index (χ1n) is 9.64. The molecule has 0 atom stereocenters. The molecule has 154 valence electrons. The number of hydrogen-bond acceptors (Lipinski definition) is 7. The Morgan fingerprint density at radius 3 is 2.30 bits per heavy atom. The van der Waals surface area contributed by atoms with Crippen LogP contribution in [0.1, 0.15) is 5.56 Å². The fourth-order valence-electron chi connectivity index (χ4n) is 3.50. The smallest absolute Gasteiger partial charge is 0.353 e. The number of para-hydroxylation sites is 1. The standard InChI is InChI=1S/C21H21FN6O2/c22-17-8-6-16(7-9-17)14-23-20-19(28(29)30)21(25-15-24-20)27-12-10-26(11-13-27)18-4-2-1-3-5-18/h1-9,15H,10-14H2,(H,23,24,25). The van der Waals surface area contributed by atoms with E-state index in [4.69, 9.17) is 0 Å². The zero-order valence-corrected chi connectivity index (χ0v) is 16.2. The fraction of sp³-hybridized carbons (Fsp3) is 0.238. The first kappa shape index (κ1) is 19.6. The van der Waals surface area contributed by atoms with E-state index < -0.39 is 4.92 Å². The van der Waals surface area contributed by atoms with Crippen LogP contribution in [-0.2, 0) is 6.54 Å². The molecule has 8 nitrogen and oxygen atoms in total. The van der Waals surface area contributed by atoms with Crippen LogP contribution < -0.4 is 15.1 Å². The van der Waals surface area contributed by atoms with Crippen LogP contribution in [-0.4, -0.2) is 41.1 Å². The van der Waals surface area contributed by atoms with Gasteiger partial charge in [0, 0.05) is 38.4 Å². The highest BCUT2D eigenvalue weighted by Crippen LogP contribution is 2.33. The van der Waals surface area contributed by atoms with E-state index in [0.717, 1.165) is 24.3 Å². The van der Waals surface area contributed by atoms with Gasteiger partial charge in [-0.2, -0.15) is 0 Å². The van der Waals surface area contributed by atoms with Gasteiger partial charge in [-0.1, -0.05) is 30.3 Å². The second-order valence-corrected chi connectivity index (χ2v) is 6.94. The molecule has 2 aromatic carbocycles. The number of piperazine rings is 1. The Hall–Kier alpha value is -3.75. The van der Waals surface area contributed by atoms with Crippen LogP contribution in [0.15, 0.2) is 60.9 Å². The predicted octanol–water partition coefficient (Wildman–Crippen LogP) is 3.46. The van der Waals surface area contributed by atoms with Gasteiger partial charge in [0.2, 0.25) is 11.6 Å². The zero-order chi connectivity index (χ0) is 20.9. The third-order valence-electron chi connectivity index (χ3n) is 5.06. The van der Waals surface area contributed by atoms with Gasteiger partial charge in [0.15, 0.2) is 0 Å². The van der Waals surface area contributed by atoms with Gasteiger partial charge in [-0.15, -0.1) is 0 Å². The number of halogens is 1. The minimum atomic E-state index is -0.452. The van der Waals surface area contributed by atoms with Crippen molar-refractivity contribution in [3.63, 3.8) is 0 Å². The molecule has 2 heterocycles. The number of benzene rings is 2. The lowest BCUT2D eigenvalue weighted by Gasteiger charge is -2.36. The number of hydrogen-bond donors (Lipinski definition) is 1. The average molecular weight is 408 g/mol. The van der Waals surface area contributed by atoms with Crippen molar-refractivity contribution in [1.82, 2.24) is 9.97 Å². The van der Waals surface area contributed by atoms with Gasteiger partial charge in [-0.3, -0.25) is 10.1 Å². The van der Waals surface area contributed by atoms with Crippen LogP contribution in [0.3, 0.4) is 0 Å². The molecule has 0 bridgehead atoms. The second kappa shape index (κ2) is 8.73. The van der Waals surface area contributed by atoms with Crippen molar-refractivity contribution in [2.24, 2.45) is 0 Å². The van der Waals surface area contributed by atoms with E-state index in [2.05, 4.69) is 32.3 Å². The molecular formula is C21H21FN6O2. The van der Waals surface area contributed by atoms with E-state index in [1.807, 2.05) is 23.1 Å². The molecule has 1 aliphatic rings. The topological polar surface area (TPSA) is 87.4 Å². The van der Waals surface area contributed by atoms with E-state index in [0.29, 0.717) is 25.5 Å². The SMILES string of the molecule is O=[N+]([O-])c1c(NCc2ccc(F)cc2)ncnc1N1CCN(c2ccccc2)CC1. The fourth-order valence-corrected chi connectivity index (χ4v) is 3.50. The summed E-state index contributed by atoms with van der Waals surface area (Å²) < 4.78 is 13.1. The van der Waals surface area contributed by atoms with Crippen LogP contribution in [0.5, 0.6) is 0 Å². The molecule has 3 aromatic rings. The molecule has 1 fully saturated rings. The van der Waals surface area contributed by atoms with Crippen molar-refractivity contribution in [2.45, 2.75) is 6.54 Å². The molecular weight excluding hydrogens is 387 g/mol. The number of anilines is 3. The Balaban J connectivity index is 1.50. The third-order valence-corrected chi connectivity index (χ3v) is 5.06. The molecule has 1 N–H and O–H groups in total. The highest BCUT2D eigenvalue weighted by Gasteiger charge is 2.29. The lowest BCUT2D eigenvalue weighted by atomic mass is 10.2. The molecule has 1 aliphatic heterocycles. The van der Waals surface area contributed by atoms with Gasteiger partial charge in [0.05, 0.1) is 4.92 Å². The molecule has 0 spiro atoms. The molecule has 0 radical (unpaired) electrons. The quantitative estimate of drug-likeness (QED) is 0.494. The van der Waals surface area contributed by atoms with Gasteiger partial charge < -0.3 is 15.1 Å². The minimum absolute atomic E-state index is 0.146. The monoisotopic (exact) mass is 408 g/mol. The Labute approximate surface area is 173 Å². The molecule has 30 heavy (non-hydrogen) atoms. The summed E-state index contributed by atoms with van der Waals surface area (Å²) in [5.74, 6) is 0.132. The van der Waals surface area contributed by atoms with E-state index >= 15 is 0 Å². The highest BCUT2D eigenvalue weighted by molar-refractivity contribution is 5.70. The Bertz CT molecular complexity index is 1010. The largest absolute Gasteiger partial charge is 0.368 e. The lowest BCUT2D eigenvalue weighted by Crippen LogP contribution is -2.47. The van der Waals surface area contributed by atoms with Crippen LogP contribution in [0.25, 0.3) is 0 Å².